The second-order valence-corrected chi connectivity index (χ2v) is 4.53. The second-order valence-electron chi connectivity index (χ2n) is 3.67. The van der Waals surface area contributed by atoms with Gasteiger partial charge in [0, 0.05) is 0 Å². The molecule has 0 radical (unpaired) electrons. The Balaban J connectivity index is 2.96. The fraction of sp³-hybridized carbons (Fsp3) is 0.333. The van der Waals surface area contributed by atoms with Crippen molar-refractivity contribution >= 4 is 23.6 Å². The fourth-order valence-electron chi connectivity index (χ4n) is 1.48. The van der Waals surface area contributed by atoms with Crippen LogP contribution in [0.4, 0.5) is 4.39 Å². The van der Waals surface area contributed by atoms with Gasteiger partial charge in [0.2, 0.25) is 5.91 Å². The summed E-state index contributed by atoms with van der Waals surface area (Å²) in [7, 11) is 1.31. The molecule has 5 nitrogen and oxygen atoms in total. The Morgan fingerprint density at radius 1 is 1.53 bits per heavy atom. The Hall–Kier alpha value is -1.76. The third-order valence-corrected chi connectivity index (χ3v) is 2.89. The maximum atomic E-state index is 13.5. The highest BCUT2D eigenvalue weighted by Gasteiger charge is 2.23. The number of thioether (sulfide) groups is 1. The van der Waals surface area contributed by atoms with Crippen molar-refractivity contribution in [1.82, 2.24) is 5.32 Å². The molecule has 2 N–H and O–H groups in total. The highest BCUT2D eigenvalue weighted by molar-refractivity contribution is 7.99. The van der Waals surface area contributed by atoms with E-state index in [1.54, 1.807) is 6.26 Å². The van der Waals surface area contributed by atoms with Gasteiger partial charge in [0.1, 0.15) is 0 Å². The summed E-state index contributed by atoms with van der Waals surface area (Å²) in [6.45, 7) is 0. The van der Waals surface area contributed by atoms with Crippen molar-refractivity contribution in [2.24, 2.45) is 0 Å². The van der Waals surface area contributed by atoms with Crippen LogP contribution in [0.3, 0.4) is 0 Å². The average Bonchev–Trinajstić information content (AvgIpc) is 2.36. The van der Waals surface area contributed by atoms with Crippen molar-refractivity contribution in [2.45, 2.75) is 6.04 Å². The van der Waals surface area contributed by atoms with Crippen molar-refractivity contribution in [1.29, 1.82) is 0 Å². The summed E-state index contributed by atoms with van der Waals surface area (Å²) < 4.78 is 18.3. The minimum absolute atomic E-state index is 0.0170. The fourth-order valence-corrected chi connectivity index (χ4v) is 1.83. The lowest BCUT2D eigenvalue weighted by molar-refractivity contribution is -0.141. The molecule has 0 heterocycles. The number of benzene rings is 1. The third kappa shape index (κ3) is 4.13. The van der Waals surface area contributed by atoms with Crippen molar-refractivity contribution in [3.63, 3.8) is 0 Å². The molecule has 0 saturated heterocycles. The number of carbonyl (C=O) groups excluding carboxylic acids is 1. The highest BCUT2D eigenvalue weighted by Crippen LogP contribution is 2.22. The predicted molar refractivity (Wildman–Crippen MR) is 69.9 cm³/mol. The monoisotopic (exact) mass is 287 g/mol. The normalized spacial score (nSPS) is 11.7. The molecule has 104 valence electrons. The summed E-state index contributed by atoms with van der Waals surface area (Å²) in [6.07, 6.45) is 1.72. The van der Waals surface area contributed by atoms with Gasteiger partial charge in [0.15, 0.2) is 17.6 Å². The number of nitrogens with one attached hydrogen (secondary N) is 1. The first-order valence-corrected chi connectivity index (χ1v) is 6.73. The van der Waals surface area contributed by atoms with Crippen LogP contribution >= 0.6 is 11.8 Å². The number of methoxy groups -OCH3 is 1. The summed E-state index contributed by atoms with van der Waals surface area (Å²) in [4.78, 5) is 22.6. The molecule has 1 unspecified atom stereocenters. The zero-order valence-corrected chi connectivity index (χ0v) is 11.3. The van der Waals surface area contributed by atoms with Gasteiger partial charge in [-0.15, -0.1) is 0 Å². The lowest BCUT2D eigenvalue weighted by atomic mass is 10.1. The van der Waals surface area contributed by atoms with Crippen LogP contribution in [0.5, 0.6) is 5.75 Å². The summed E-state index contributed by atoms with van der Waals surface area (Å²) >= 11 is 1.27. The molecule has 7 heteroatoms. The molecule has 19 heavy (non-hydrogen) atoms. The molecule has 1 aromatic rings. The van der Waals surface area contributed by atoms with E-state index in [4.69, 9.17) is 9.84 Å². The molecule has 1 amide bonds. The number of aliphatic carboxylic acids is 1. The van der Waals surface area contributed by atoms with E-state index < -0.39 is 23.7 Å². The Bertz CT molecular complexity index is 481. The van der Waals surface area contributed by atoms with Crippen LogP contribution in [0.15, 0.2) is 18.2 Å². The molecule has 0 aliphatic rings. The van der Waals surface area contributed by atoms with E-state index in [-0.39, 0.29) is 17.1 Å². The van der Waals surface area contributed by atoms with Gasteiger partial charge in [-0.05, 0) is 24.0 Å². The number of hydrogen-bond donors (Lipinski definition) is 2. The Morgan fingerprint density at radius 3 is 2.68 bits per heavy atom. The number of hydrogen-bond acceptors (Lipinski definition) is 4. The molecule has 0 spiro atoms. The van der Waals surface area contributed by atoms with E-state index in [0.29, 0.717) is 0 Å². The molecule has 1 atom stereocenters. The molecule has 0 bridgehead atoms. The highest BCUT2D eigenvalue weighted by atomic mass is 32.2. The van der Waals surface area contributed by atoms with E-state index in [0.717, 1.165) is 6.07 Å². The largest absolute Gasteiger partial charge is 0.494 e. The minimum Gasteiger partial charge on any atom is -0.494 e. The van der Waals surface area contributed by atoms with Crippen LogP contribution < -0.4 is 10.1 Å². The standard InChI is InChI=1S/C12H14FNO4S/c1-18-9-4-3-7(5-8(9)13)11(12(16)17)14-10(15)6-19-2/h3-5,11H,6H2,1-2H3,(H,14,15)(H,16,17). The number of rotatable bonds is 6. The van der Waals surface area contributed by atoms with Gasteiger partial charge in [-0.25, -0.2) is 9.18 Å². The predicted octanol–water partition coefficient (Wildman–Crippen LogP) is 1.44. The van der Waals surface area contributed by atoms with Crippen LogP contribution in [0, 0.1) is 5.82 Å². The average molecular weight is 287 g/mol. The quantitative estimate of drug-likeness (QED) is 0.828. The number of carboxylic acid groups (broad SMARTS) is 1. The smallest absolute Gasteiger partial charge is 0.330 e. The van der Waals surface area contributed by atoms with Gasteiger partial charge in [-0.1, -0.05) is 6.07 Å². The molecule has 0 fully saturated rings. The van der Waals surface area contributed by atoms with E-state index in [1.807, 2.05) is 0 Å². The molecule has 1 rings (SSSR count). The molecule has 0 aliphatic carbocycles. The first kappa shape index (κ1) is 15.3. The Labute approximate surface area is 114 Å². The molecule has 0 aromatic heterocycles. The van der Waals surface area contributed by atoms with Crippen LogP contribution in [-0.2, 0) is 9.59 Å². The molecular formula is C12H14FNO4S. The van der Waals surface area contributed by atoms with Gasteiger partial charge in [0.25, 0.3) is 0 Å². The van der Waals surface area contributed by atoms with Crippen LogP contribution in [0.1, 0.15) is 11.6 Å². The maximum Gasteiger partial charge on any atom is 0.330 e. The van der Waals surface area contributed by atoms with E-state index >= 15 is 0 Å². The Kier molecular flexibility index (Phi) is 5.62. The third-order valence-electron chi connectivity index (χ3n) is 2.34. The zero-order chi connectivity index (χ0) is 14.4. The molecular weight excluding hydrogens is 273 g/mol. The summed E-state index contributed by atoms with van der Waals surface area (Å²) in [5, 5.41) is 11.4. The van der Waals surface area contributed by atoms with Crippen molar-refractivity contribution < 1.29 is 23.8 Å². The number of ether oxygens (including phenoxy) is 1. The van der Waals surface area contributed by atoms with Gasteiger partial charge >= 0.3 is 5.97 Å². The van der Waals surface area contributed by atoms with E-state index in [9.17, 15) is 14.0 Å². The van der Waals surface area contributed by atoms with Gasteiger partial charge in [-0.2, -0.15) is 11.8 Å². The molecule has 0 aliphatic heterocycles. The maximum absolute atomic E-state index is 13.5. The number of carbonyl (C=O) groups is 2. The number of halogens is 1. The first-order chi connectivity index (χ1) is 8.99. The van der Waals surface area contributed by atoms with E-state index in [2.05, 4.69) is 5.32 Å². The minimum atomic E-state index is -1.28. The lowest BCUT2D eigenvalue weighted by Gasteiger charge is -2.15. The molecule has 0 saturated carbocycles. The first-order valence-electron chi connectivity index (χ1n) is 5.34. The topological polar surface area (TPSA) is 75.6 Å². The number of carboxylic acids is 1. The van der Waals surface area contributed by atoms with Gasteiger partial charge < -0.3 is 15.2 Å². The van der Waals surface area contributed by atoms with Crippen LogP contribution in [0.25, 0.3) is 0 Å². The van der Waals surface area contributed by atoms with Crippen molar-refractivity contribution in [3.8, 4) is 5.75 Å². The zero-order valence-electron chi connectivity index (χ0n) is 10.5. The molecule has 1 aromatic carbocycles. The summed E-state index contributed by atoms with van der Waals surface area (Å²) in [5.41, 5.74) is 0.153. The van der Waals surface area contributed by atoms with Crippen LogP contribution in [-0.4, -0.2) is 36.1 Å². The summed E-state index contributed by atoms with van der Waals surface area (Å²) in [5.74, 6) is -2.19. The van der Waals surface area contributed by atoms with Crippen molar-refractivity contribution in [2.75, 3.05) is 19.1 Å². The van der Waals surface area contributed by atoms with Crippen LogP contribution in [0.2, 0.25) is 0 Å². The second kappa shape index (κ2) is 6.98. The Morgan fingerprint density at radius 2 is 2.21 bits per heavy atom. The van der Waals surface area contributed by atoms with Gasteiger partial charge in [0.05, 0.1) is 12.9 Å². The lowest BCUT2D eigenvalue weighted by Crippen LogP contribution is -2.34. The summed E-state index contributed by atoms with van der Waals surface area (Å²) in [6, 6.07) is 2.48. The SMILES string of the molecule is COc1ccc(C(NC(=O)CSC)C(=O)O)cc1F. The van der Waals surface area contributed by atoms with E-state index in [1.165, 1.54) is 31.0 Å². The number of amides is 1. The van der Waals surface area contributed by atoms with Crippen molar-refractivity contribution in [3.05, 3.63) is 29.6 Å². The van der Waals surface area contributed by atoms with Gasteiger partial charge in [-0.3, -0.25) is 4.79 Å².